The van der Waals surface area contributed by atoms with Crippen LogP contribution in [0, 0.1) is 19.8 Å². The summed E-state index contributed by atoms with van der Waals surface area (Å²) in [5.74, 6) is -0.852. The Morgan fingerprint density at radius 1 is 1.27 bits per heavy atom. The topological polar surface area (TPSA) is 88.7 Å². The van der Waals surface area contributed by atoms with Crippen molar-refractivity contribution in [1.82, 2.24) is 9.88 Å². The average Bonchev–Trinajstić information content (AvgIpc) is 2.89. The highest BCUT2D eigenvalue weighted by Crippen LogP contribution is 2.21. The van der Waals surface area contributed by atoms with E-state index >= 15 is 0 Å². The molecule has 1 saturated heterocycles. The van der Waals surface area contributed by atoms with Crippen molar-refractivity contribution < 1.29 is 23.9 Å². The summed E-state index contributed by atoms with van der Waals surface area (Å²) in [5, 5.41) is 0. The molecule has 1 aromatic heterocycles. The molecule has 1 aliphatic heterocycles. The van der Waals surface area contributed by atoms with Crippen LogP contribution in [0.4, 0.5) is 0 Å². The van der Waals surface area contributed by atoms with Gasteiger partial charge in [0.2, 0.25) is 0 Å². The summed E-state index contributed by atoms with van der Waals surface area (Å²) >= 11 is 0. The Labute approximate surface area is 154 Å². The largest absolute Gasteiger partial charge is 0.461 e. The van der Waals surface area contributed by atoms with Crippen LogP contribution in [0.1, 0.15) is 65.7 Å². The van der Waals surface area contributed by atoms with Gasteiger partial charge in [0.25, 0.3) is 5.91 Å². The number of carbonyl (C=O) groups is 3. The minimum atomic E-state index is -0.868. The first-order valence-electron chi connectivity index (χ1n) is 9.12. The number of nitrogens with zero attached hydrogens (tertiary/aromatic N) is 1. The second kappa shape index (κ2) is 8.38. The molecule has 144 valence electrons. The van der Waals surface area contributed by atoms with Gasteiger partial charge in [0.1, 0.15) is 5.69 Å². The van der Waals surface area contributed by atoms with E-state index in [0.29, 0.717) is 30.3 Å². The molecular formula is C19H28N2O5. The number of piperidine rings is 1. The first kappa shape index (κ1) is 20.0. The van der Waals surface area contributed by atoms with Crippen molar-refractivity contribution in [2.45, 2.75) is 53.6 Å². The molecule has 0 saturated carbocycles. The quantitative estimate of drug-likeness (QED) is 0.811. The molecule has 7 heteroatoms. The summed E-state index contributed by atoms with van der Waals surface area (Å²) in [4.78, 5) is 41.7. The zero-order valence-electron chi connectivity index (χ0n) is 16.2. The van der Waals surface area contributed by atoms with Gasteiger partial charge in [-0.1, -0.05) is 6.92 Å². The predicted octanol–water partition coefficient (Wildman–Crippen LogP) is 2.61. The number of likely N-dealkylation sites (tertiary alicyclic amines) is 1. The molecule has 2 atom stereocenters. The molecule has 2 heterocycles. The number of amides is 1. The highest BCUT2D eigenvalue weighted by atomic mass is 16.5. The third-order valence-corrected chi connectivity index (χ3v) is 4.72. The molecule has 0 unspecified atom stereocenters. The Morgan fingerprint density at radius 2 is 1.96 bits per heavy atom. The van der Waals surface area contributed by atoms with E-state index in [1.54, 1.807) is 32.6 Å². The minimum Gasteiger partial charge on any atom is -0.461 e. The van der Waals surface area contributed by atoms with Gasteiger partial charge in [0.05, 0.1) is 12.2 Å². The standard InChI is InChI=1S/C19H28N2O5/c1-6-25-19(24)16-12(3)15(13(4)20-16)18(23)26-14(5)17(22)21-9-7-8-11(2)10-21/h11,14,20H,6-10H2,1-5H3/t11-,14+/m0/s1. The molecule has 1 N–H and O–H groups in total. The second-order valence-electron chi connectivity index (χ2n) is 6.92. The molecule has 1 aromatic rings. The highest BCUT2D eigenvalue weighted by Gasteiger charge is 2.30. The van der Waals surface area contributed by atoms with E-state index in [-0.39, 0.29) is 23.8 Å². The van der Waals surface area contributed by atoms with Crippen LogP contribution in [0.5, 0.6) is 0 Å². The molecule has 0 aliphatic carbocycles. The summed E-state index contributed by atoms with van der Waals surface area (Å²) in [5.41, 5.74) is 1.50. The van der Waals surface area contributed by atoms with Crippen molar-refractivity contribution >= 4 is 17.8 Å². The van der Waals surface area contributed by atoms with Crippen LogP contribution in [0.15, 0.2) is 0 Å². The smallest absolute Gasteiger partial charge is 0.355 e. The predicted molar refractivity (Wildman–Crippen MR) is 96.1 cm³/mol. The lowest BCUT2D eigenvalue weighted by Gasteiger charge is -2.32. The maximum atomic E-state index is 12.6. The molecule has 1 aliphatic rings. The maximum Gasteiger partial charge on any atom is 0.355 e. The minimum absolute atomic E-state index is 0.179. The lowest BCUT2D eigenvalue weighted by atomic mass is 10.00. The number of H-pyrrole nitrogens is 1. The molecular weight excluding hydrogens is 336 g/mol. The number of esters is 2. The number of hydrogen-bond donors (Lipinski definition) is 1. The third kappa shape index (κ3) is 4.26. The van der Waals surface area contributed by atoms with Crippen LogP contribution < -0.4 is 0 Å². The lowest BCUT2D eigenvalue weighted by molar-refractivity contribution is -0.141. The van der Waals surface area contributed by atoms with Gasteiger partial charge < -0.3 is 19.4 Å². The summed E-state index contributed by atoms with van der Waals surface area (Å²) in [7, 11) is 0. The Hall–Kier alpha value is -2.31. The second-order valence-corrected chi connectivity index (χ2v) is 6.92. The van der Waals surface area contributed by atoms with Crippen LogP contribution in [-0.2, 0) is 14.3 Å². The van der Waals surface area contributed by atoms with E-state index in [4.69, 9.17) is 9.47 Å². The fourth-order valence-corrected chi connectivity index (χ4v) is 3.38. The van der Waals surface area contributed by atoms with Crippen LogP contribution in [0.3, 0.4) is 0 Å². The monoisotopic (exact) mass is 364 g/mol. The van der Waals surface area contributed by atoms with Crippen LogP contribution in [0.25, 0.3) is 0 Å². The molecule has 26 heavy (non-hydrogen) atoms. The SMILES string of the molecule is CCOC(=O)c1[nH]c(C)c(C(=O)O[C@H](C)C(=O)N2CCC[C@H](C)C2)c1C. The summed E-state index contributed by atoms with van der Waals surface area (Å²) < 4.78 is 10.4. The zero-order valence-corrected chi connectivity index (χ0v) is 16.2. The van der Waals surface area contributed by atoms with E-state index in [2.05, 4.69) is 11.9 Å². The van der Waals surface area contributed by atoms with Gasteiger partial charge >= 0.3 is 11.9 Å². The summed E-state index contributed by atoms with van der Waals surface area (Å²) in [6, 6.07) is 0. The molecule has 7 nitrogen and oxygen atoms in total. The van der Waals surface area contributed by atoms with Gasteiger partial charge in [0.15, 0.2) is 6.10 Å². The average molecular weight is 364 g/mol. The first-order chi connectivity index (χ1) is 12.3. The number of ether oxygens (including phenoxy) is 2. The number of aromatic amines is 1. The van der Waals surface area contributed by atoms with Crippen molar-refractivity contribution in [3.63, 3.8) is 0 Å². The zero-order chi connectivity index (χ0) is 19.4. The Morgan fingerprint density at radius 3 is 2.58 bits per heavy atom. The van der Waals surface area contributed by atoms with E-state index < -0.39 is 18.0 Å². The number of aromatic nitrogens is 1. The number of rotatable bonds is 5. The molecule has 2 rings (SSSR count). The number of aryl methyl sites for hydroxylation is 1. The molecule has 1 amide bonds. The fraction of sp³-hybridized carbons (Fsp3) is 0.632. The molecule has 0 radical (unpaired) electrons. The number of carbonyl (C=O) groups excluding carboxylic acids is 3. The van der Waals surface area contributed by atoms with Gasteiger partial charge in [-0.3, -0.25) is 4.79 Å². The first-order valence-corrected chi connectivity index (χ1v) is 9.12. The van der Waals surface area contributed by atoms with Gasteiger partial charge in [0, 0.05) is 18.8 Å². The highest BCUT2D eigenvalue weighted by molar-refractivity contribution is 5.99. The summed E-state index contributed by atoms with van der Waals surface area (Å²) in [6.45, 7) is 10.4. The Balaban J connectivity index is 2.09. The fourth-order valence-electron chi connectivity index (χ4n) is 3.38. The van der Waals surface area contributed by atoms with Crippen LogP contribution >= 0.6 is 0 Å². The lowest BCUT2D eigenvalue weighted by Crippen LogP contribution is -2.44. The van der Waals surface area contributed by atoms with Crippen molar-refractivity contribution in [3.8, 4) is 0 Å². The molecule has 0 aromatic carbocycles. The van der Waals surface area contributed by atoms with E-state index in [0.717, 1.165) is 12.8 Å². The van der Waals surface area contributed by atoms with Crippen LogP contribution in [0.2, 0.25) is 0 Å². The molecule has 1 fully saturated rings. The van der Waals surface area contributed by atoms with E-state index in [1.807, 2.05) is 0 Å². The van der Waals surface area contributed by atoms with E-state index in [9.17, 15) is 14.4 Å². The summed E-state index contributed by atoms with van der Waals surface area (Å²) in [6.07, 6.45) is 1.20. The van der Waals surface area contributed by atoms with Crippen molar-refractivity contribution in [3.05, 3.63) is 22.5 Å². The third-order valence-electron chi connectivity index (χ3n) is 4.72. The van der Waals surface area contributed by atoms with Gasteiger partial charge in [-0.2, -0.15) is 0 Å². The van der Waals surface area contributed by atoms with Crippen LogP contribution in [-0.4, -0.2) is 53.5 Å². The van der Waals surface area contributed by atoms with E-state index in [1.165, 1.54) is 0 Å². The number of hydrogen-bond acceptors (Lipinski definition) is 5. The van der Waals surface area contributed by atoms with Crippen molar-refractivity contribution in [2.75, 3.05) is 19.7 Å². The maximum absolute atomic E-state index is 12.6. The Bertz CT molecular complexity index is 694. The van der Waals surface area contributed by atoms with Gasteiger partial charge in [-0.15, -0.1) is 0 Å². The van der Waals surface area contributed by atoms with Crippen molar-refractivity contribution in [2.24, 2.45) is 5.92 Å². The number of nitrogens with one attached hydrogen (secondary N) is 1. The normalized spacial score (nSPS) is 18.3. The Kier molecular flexibility index (Phi) is 6.45. The molecule has 0 bridgehead atoms. The molecule has 0 spiro atoms. The van der Waals surface area contributed by atoms with Gasteiger partial charge in [-0.25, -0.2) is 9.59 Å². The van der Waals surface area contributed by atoms with Gasteiger partial charge in [-0.05, 0) is 52.0 Å². The van der Waals surface area contributed by atoms with Crippen molar-refractivity contribution in [1.29, 1.82) is 0 Å².